The van der Waals surface area contributed by atoms with E-state index in [9.17, 15) is 17.6 Å². The number of rotatable bonds is 9. The molecule has 28 heavy (non-hydrogen) atoms. The van der Waals surface area contributed by atoms with Crippen molar-refractivity contribution in [2.45, 2.75) is 4.90 Å². The van der Waals surface area contributed by atoms with Gasteiger partial charge in [0.15, 0.2) is 0 Å². The third-order valence-electron chi connectivity index (χ3n) is 3.67. The molecule has 2 aromatic carbocycles. The van der Waals surface area contributed by atoms with Gasteiger partial charge in [-0.15, -0.1) is 0 Å². The Balaban J connectivity index is 2.05. The van der Waals surface area contributed by atoms with Crippen molar-refractivity contribution in [1.82, 2.24) is 4.47 Å². The summed E-state index contributed by atoms with van der Waals surface area (Å²) in [5.41, 5.74) is 0.0191. The molecule has 0 amide bonds. The summed E-state index contributed by atoms with van der Waals surface area (Å²) in [6.07, 6.45) is 0. The van der Waals surface area contributed by atoms with Gasteiger partial charge in [0.2, 0.25) is 0 Å². The number of benzene rings is 2. The van der Waals surface area contributed by atoms with Crippen LogP contribution in [0.5, 0.6) is 11.5 Å². The van der Waals surface area contributed by atoms with E-state index in [0.717, 1.165) is 6.07 Å². The average Bonchev–Trinajstić information content (AvgIpc) is 2.71. The molecular weight excluding hydrogens is 393 g/mol. The Morgan fingerprint density at radius 3 is 2.36 bits per heavy atom. The van der Waals surface area contributed by atoms with E-state index in [1.807, 2.05) is 0 Å². The van der Waals surface area contributed by atoms with Crippen LogP contribution >= 0.6 is 0 Å². The number of sulfonamides is 1. The number of methoxy groups -OCH3 is 1. The molecule has 8 nitrogen and oxygen atoms in total. The number of carbonyl (C=O) groups is 1. The van der Waals surface area contributed by atoms with Crippen LogP contribution in [0.2, 0.25) is 0 Å². The van der Waals surface area contributed by atoms with Crippen molar-refractivity contribution in [2.75, 3.05) is 34.5 Å². The summed E-state index contributed by atoms with van der Waals surface area (Å²) in [7, 11) is -0.306. The van der Waals surface area contributed by atoms with E-state index in [-0.39, 0.29) is 35.2 Å². The second-order valence-electron chi connectivity index (χ2n) is 5.40. The molecular formula is C18H20FNO7S. The maximum absolute atomic E-state index is 12.8. The number of halogens is 1. The highest BCUT2D eigenvalue weighted by Gasteiger charge is 2.26. The molecule has 0 atom stereocenters. The fourth-order valence-electron chi connectivity index (χ4n) is 2.15. The Morgan fingerprint density at radius 1 is 1.07 bits per heavy atom. The third kappa shape index (κ3) is 5.18. The van der Waals surface area contributed by atoms with Crippen LogP contribution in [0.1, 0.15) is 10.4 Å². The highest BCUT2D eigenvalue weighted by atomic mass is 32.2. The van der Waals surface area contributed by atoms with E-state index in [1.54, 1.807) is 0 Å². The molecule has 0 radical (unpaired) electrons. The van der Waals surface area contributed by atoms with E-state index >= 15 is 0 Å². The Labute approximate surface area is 162 Å². The minimum atomic E-state index is -4.03. The van der Waals surface area contributed by atoms with Crippen molar-refractivity contribution in [1.29, 1.82) is 0 Å². The predicted octanol–water partition coefficient (Wildman–Crippen LogP) is 2.25. The molecule has 0 bridgehead atoms. The molecule has 152 valence electrons. The van der Waals surface area contributed by atoms with Crippen molar-refractivity contribution < 1.29 is 36.7 Å². The first-order valence-electron chi connectivity index (χ1n) is 8.06. The van der Waals surface area contributed by atoms with Gasteiger partial charge in [0, 0.05) is 7.05 Å². The van der Waals surface area contributed by atoms with E-state index in [4.69, 9.17) is 19.0 Å². The molecule has 0 unspecified atom stereocenters. The maximum atomic E-state index is 12.8. The fourth-order valence-corrected chi connectivity index (χ4v) is 3.30. The maximum Gasteiger partial charge on any atom is 0.338 e. The smallest absolute Gasteiger partial charge is 0.338 e. The quantitative estimate of drug-likeness (QED) is 0.354. The molecule has 0 aliphatic rings. The second kappa shape index (κ2) is 9.49. The van der Waals surface area contributed by atoms with Crippen LogP contribution in [0.3, 0.4) is 0 Å². The molecule has 0 heterocycles. The fraction of sp³-hybridized carbons (Fsp3) is 0.278. The summed E-state index contributed by atoms with van der Waals surface area (Å²) < 4.78 is 53.9. The Kier molecular flexibility index (Phi) is 7.32. The third-order valence-corrected chi connectivity index (χ3v) is 5.37. The number of nitrogens with zero attached hydrogens (tertiary/aromatic N) is 1. The van der Waals surface area contributed by atoms with Crippen molar-refractivity contribution in [3.63, 3.8) is 0 Å². The molecule has 10 heteroatoms. The van der Waals surface area contributed by atoms with Gasteiger partial charge in [-0.25, -0.2) is 17.6 Å². The summed E-state index contributed by atoms with van der Waals surface area (Å²) >= 11 is 0. The summed E-state index contributed by atoms with van der Waals surface area (Å²) in [4.78, 5) is 16.7. The Morgan fingerprint density at radius 2 is 1.75 bits per heavy atom. The van der Waals surface area contributed by atoms with Crippen molar-refractivity contribution in [3.8, 4) is 11.5 Å². The van der Waals surface area contributed by atoms with Crippen molar-refractivity contribution in [2.24, 2.45) is 0 Å². The lowest BCUT2D eigenvalue weighted by Crippen LogP contribution is -2.26. The number of hydroxylamine groups is 1. The first kappa shape index (κ1) is 21.6. The van der Waals surface area contributed by atoms with Gasteiger partial charge in [0.05, 0.1) is 19.8 Å². The van der Waals surface area contributed by atoms with Gasteiger partial charge in [-0.05, 0) is 42.5 Å². The van der Waals surface area contributed by atoms with Crippen molar-refractivity contribution >= 4 is 16.0 Å². The number of carbonyl (C=O) groups excluding carboxylic acids is 1. The van der Waals surface area contributed by atoms with Gasteiger partial charge >= 0.3 is 5.97 Å². The summed E-state index contributed by atoms with van der Waals surface area (Å²) in [5, 5.41) is 0. The molecule has 2 aromatic rings. The van der Waals surface area contributed by atoms with E-state index in [0.29, 0.717) is 10.2 Å². The number of hydrogen-bond donors (Lipinski definition) is 0. The van der Waals surface area contributed by atoms with E-state index in [2.05, 4.69) is 0 Å². The summed E-state index contributed by atoms with van der Waals surface area (Å²) in [6, 6.07) is 9.27. The zero-order valence-corrected chi connectivity index (χ0v) is 16.4. The lowest BCUT2D eigenvalue weighted by Gasteiger charge is -2.17. The number of esters is 1. The van der Waals surface area contributed by atoms with Gasteiger partial charge in [0.1, 0.15) is 35.4 Å². The molecule has 0 aromatic heterocycles. The van der Waals surface area contributed by atoms with Crippen LogP contribution in [0, 0.1) is 5.82 Å². The predicted molar refractivity (Wildman–Crippen MR) is 97.1 cm³/mol. The van der Waals surface area contributed by atoms with Crippen LogP contribution in [0.25, 0.3) is 0 Å². The minimum Gasteiger partial charge on any atom is -0.495 e. The molecule has 0 saturated heterocycles. The normalized spacial score (nSPS) is 11.3. The largest absolute Gasteiger partial charge is 0.495 e. The SMILES string of the molecule is COc1ccc(C(=O)OCCOc2ccc(F)cc2)cc1S(=O)(=O)N(C)OC. The molecule has 0 aliphatic heterocycles. The molecule has 0 fully saturated rings. The van der Waals surface area contributed by atoms with E-state index in [1.165, 1.54) is 57.7 Å². The Bertz CT molecular complexity index is 916. The number of ether oxygens (including phenoxy) is 3. The molecule has 0 saturated carbocycles. The second-order valence-corrected chi connectivity index (χ2v) is 7.31. The van der Waals surface area contributed by atoms with Crippen LogP contribution < -0.4 is 9.47 Å². The van der Waals surface area contributed by atoms with Gasteiger partial charge in [-0.2, -0.15) is 0 Å². The molecule has 0 N–H and O–H groups in total. The first-order chi connectivity index (χ1) is 13.3. The Hall–Kier alpha value is -2.69. The monoisotopic (exact) mass is 413 g/mol. The highest BCUT2D eigenvalue weighted by Crippen LogP contribution is 2.27. The van der Waals surface area contributed by atoms with Crippen LogP contribution in [-0.2, 0) is 19.6 Å². The van der Waals surface area contributed by atoms with Crippen LogP contribution in [0.4, 0.5) is 4.39 Å². The van der Waals surface area contributed by atoms with Crippen molar-refractivity contribution in [3.05, 3.63) is 53.8 Å². The zero-order chi connectivity index (χ0) is 20.7. The molecule has 0 aliphatic carbocycles. The lowest BCUT2D eigenvalue weighted by molar-refractivity contribution is -0.0259. The summed E-state index contributed by atoms with van der Waals surface area (Å²) in [5.74, 6) is -0.636. The lowest BCUT2D eigenvalue weighted by atomic mass is 10.2. The molecule has 0 spiro atoms. The van der Waals surface area contributed by atoms with Crippen LogP contribution in [-0.4, -0.2) is 53.3 Å². The van der Waals surface area contributed by atoms with Gasteiger partial charge in [0.25, 0.3) is 10.0 Å². The standard InChI is InChI=1S/C18H20FNO7S/c1-20(25-3)28(22,23)17-12-13(4-9-16(17)24-2)18(21)27-11-10-26-15-7-5-14(19)6-8-15/h4-9,12H,10-11H2,1-3H3. The van der Waals surface area contributed by atoms with Gasteiger partial charge < -0.3 is 14.2 Å². The van der Waals surface area contributed by atoms with Crippen LogP contribution in [0.15, 0.2) is 47.4 Å². The van der Waals surface area contributed by atoms with Gasteiger partial charge in [-0.1, -0.05) is 4.47 Å². The first-order valence-corrected chi connectivity index (χ1v) is 9.50. The average molecular weight is 413 g/mol. The zero-order valence-electron chi connectivity index (χ0n) is 15.5. The molecule has 2 rings (SSSR count). The highest BCUT2D eigenvalue weighted by molar-refractivity contribution is 7.89. The summed E-state index contributed by atoms with van der Waals surface area (Å²) in [6.45, 7) is -0.0343. The topological polar surface area (TPSA) is 91.4 Å². The minimum absolute atomic E-state index is 0.0191. The van der Waals surface area contributed by atoms with Gasteiger partial charge in [-0.3, -0.25) is 4.84 Å². The van der Waals surface area contributed by atoms with E-state index < -0.39 is 16.0 Å². The number of hydrogen-bond acceptors (Lipinski definition) is 7.